The van der Waals surface area contributed by atoms with Crippen LogP contribution in [-0.2, 0) is 9.53 Å². The molecule has 0 atom stereocenters. The highest BCUT2D eigenvalue weighted by Crippen LogP contribution is 2.17. The Labute approximate surface area is 171 Å². The van der Waals surface area contributed by atoms with Crippen molar-refractivity contribution in [2.24, 2.45) is 10.9 Å². The van der Waals surface area contributed by atoms with Crippen LogP contribution in [0, 0.1) is 5.92 Å². The Kier molecular flexibility index (Phi) is 11.3. The van der Waals surface area contributed by atoms with Gasteiger partial charge in [0.1, 0.15) is 0 Å². The number of nitrogens with one attached hydrogen (secondary N) is 2. The standard InChI is InChI=1S/C21H41N5O2/c1-3-22-21(23-11-7-13-26-12-6-4-5-8-20(26)27)24-18-19-9-14-25(15-10-19)16-17-28-2/h19H,3-18H2,1-2H3,(H2,22,23,24). The molecule has 0 aliphatic carbocycles. The molecule has 0 spiro atoms. The molecule has 162 valence electrons. The summed E-state index contributed by atoms with van der Waals surface area (Å²) in [6.07, 6.45) is 7.50. The van der Waals surface area contributed by atoms with Crippen molar-refractivity contribution in [1.82, 2.24) is 20.4 Å². The Bertz CT molecular complexity index is 464. The number of hydrogen-bond donors (Lipinski definition) is 2. The molecule has 7 nitrogen and oxygen atoms in total. The molecule has 0 bridgehead atoms. The summed E-state index contributed by atoms with van der Waals surface area (Å²) in [5.41, 5.74) is 0. The first kappa shape index (κ1) is 22.9. The first-order chi connectivity index (χ1) is 13.7. The number of carbonyl (C=O) groups is 1. The van der Waals surface area contributed by atoms with Gasteiger partial charge in [-0.2, -0.15) is 0 Å². The Hall–Kier alpha value is -1.34. The van der Waals surface area contributed by atoms with E-state index in [-0.39, 0.29) is 0 Å². The van der Waals surface area contributed by atoms with Gasteiger partial charge in [0.15, 0.2) is 5.96 Å². The number of carbonyl (C=O) groups excluding carboxylic acids is 1. The lowest BCUT2D eigenvalue weighted by Gasteiger charge is -2.31. The van der Waals surface area contributed by atoms with Crippen LogP contribution in [0.3, 0.4) is 0 Å². The van der Waals surface area contributed by atoms with Crippen LogP contribution in [0.4, 0.5) is 0 Å². The SMILES string of the molecule is CCNC(=NCC1CCN(CCOC)CC1)NCCCN1CCCCCC1=O. The maximum Gasteiger partial charge on any atom is 0.222 e. The number of guanidine groups is 1. The van der Waals surface area contributed by atoms with E-state index < -0.39 is 0 Å². The smallest absolute Gasteiger partial charge is 0.222 e. The summed E-state index contributed by atoms with van der Waals surface area (Å²) in [7, 11) is 1.77. The van der Waals surface area contributed by atoms with E-state index in [1.165, 1.54) is 19.3 Å². The predicted molar refractivity (Wildman–Crippen MR) is 115 cm³/mol. The molecule has 2 heterocycles. The molecule has 2 aliphatic heterocycles. The molecule has 2 N–H and O–H groups in total. The van der Waals surface area contributed by atoms with Crippen LogP contribution in [-0.4, -0.2) is 87.7 Å². The fraction of sp³-hybridized carbons (Fsp3) is 0.905. The number of hydrogen-bond acceptors (Lipinski definition) is 4. The topological polar surface area (TPSA) is 69.2 Å². The Morgan fingerprint density at radius 2 is 1.96 bits per heavy atom. The fourth-order valence-electron chi connectivity index (χ4n) is 3.93. The molecule has 0 saturated carbocycles. The molecule has 0 aromatic heterocycles. The third-order valence-electron chi connectivity index (χ3n) is 5.74. The number of piperidine rings is 1. The molecule has 0 aromatic carbocycles. The van der Waals surface area contributed by atoms with Gasteiger partial charge in [0.05, 0.1) is 6.61 Å². The van der Waals surface area contributed by atoms with E-state index >= 15 is 0 Å². The summed E-state index contributed by atoms with van der Waals surface area (Å²) in [6.45, 7) is 10.6. The minimum absolute atomic E-state index is 0.329. The van der Waals surface area contributed by atoms with E-state index in [9.17, 15) is 4.79 Å². The van der Waals surface area contributed by atoms with Gasteiger partial charge in [-0.15, -0.1) is 0 Å². The number of amides is 1. The van der Waals surface area contributed by atoms with Crippen LogP contribution in [0.25, 0.3) is 0 Å². The van der Waals surface area contributed by atoms with Crippen molar-refractivity contribution >= 4 is 11.9 Å². The number of likely N-dealkylation sites (tertiary alicyclic amines) is 2. The average Bonchev–Trinajstić information content (AvgIpc) is 2.92. The molecule has 0 aromatic rings. The lowest BCUT2D eigenvalue weighted by Crippen LogP contribution is -2.40. The second kappa shape index (κ2) is 13.8. The maximum atomic E-state index is 12.1. The monoisotopic (exact) mass is 395 g/mol. The predicted octanol–water partition coefficient (Wildman–Crippen LogP) is 1.69. The molecule has 7 heteroatoms. The number of nitrogens with zero attached hydrogens (tertiary/aromatic N) is 3. The van der Waals surface area contributed by atoms with Crippen molar-refractivity contribution in [3.8, 4) is 0 Å². The zero-order valence-electron chi connectivity index (χ0n) is 18.0. The second-order valence-corrected chi connectivity index (χ2v) is 7.97. The summed E-state index contributed by atoms with van der Waals surface area (Å²) in [5, 5.41) is 6.79. The first-order valence-corrected chi connectivity index (χ1v) is 11.2. The molecule has 0 radical (unpaired) electrons. The number of ether oxygens (including phenoxy) is 1. The van der Waals surface area contributed by atoms with Crippen molar-refractivity contribution in [2.45, 2.75) is 51.9 Å². The number of aliphatic imine (C=N–C) groups is 1. The largest absolute Gasteiger partial charge is 0.383 e. The Morgan fingerprint density at radius 3 is 2.71 bits per heavy atom. The Balaban J connectivity index is 1.65. The average molecular weight is 396 g/mol. The van der Waals surface area contributed by atoms with E-state index in [0.29, 0.717) is 11.8 Å². The fourth-order valence-corrected chi connectivity index (χ4v) is 3.93. The lowest BCUT2D eigenvalue weighted by molar-refractivity contribution is -0.130. The zero-order valence-corrected chi connectivity index (χ0v) is 18.0. The summed E-state index contributed by atoms with van der Waals surface area (Å²) in [4.78, 5) is 21.4. The van der Waals surface area contributed by atoms with Crippen molar-refractivity contribution in [3.05, 3.63) is 0 Å². The molecule has 0 unspecified atom stereocenters. The maximum absolute atomic E-state index is 12.1. The van der Waals surface area contributed by atoms with Crippen LogP contribution < -0.4 is 10.6 Å². The van der Waals surface area contributed by atoms with Crippen LogP contribution in [0.2, 0.25) is 0 Å². The van der Waals surface area contributed by atoms with Crippen LogP contribution >= 0.6 is 0 Å². The first-order valence-electron chi connectivity index (χ1n) is 11.2. The molecule has 2 rings (SSSR count). The lowest BCUT2D eigenvalue weighted by atomic mass is 9.97. The molecule has 2 fully saturated rings. The van der Waals surface area contributed by atoms with Gasteiger partial charge >= 0.3 is 0 Å². The van der Waals surface area contributed by atoms with Gasteiger partial charge in [0.25, 0.3) is 0 Å². The highest BCUT2D eigenvalue weighted by molar-refractivity contribution is 5.79. The van der Waals surface area contributed by atoms with Gasteiger partial charge in [-0.1, -0.05) is 6.42 Å². The van der Waals surface area contributed by atoms with Crippen LogP contribution in [0.5, 0.6) is 0 Å². The van der Waals surface area contributed by atoms with Crippen molar-refractivity contribution in [2.75, 3.05) is 66.1 Å². The quantitative estimate of drug-likeness (QED) is 0.335. The number of rotatable bonds is 10. The Morgan fingerprint density at radius 1 is 1.14 bits per heavy atom. The molecule has 1 amide bonds. The summed E-state index contributed by atoms with van der Waals surface area (Å²) < 4.78 is 5.17. The summed E-state index contributed by atoms with van der Waals surface area (Å²) in [5.74, 6) is 1.91. The minimum Gasteiger partial charge on any atom is -0.383 e. The van der Waals surface area contributed by atoms with Gasteiger partial charge in [-0.25, -0.2) is 0 Å². The minimum atomic E-state index is 0.329. The van der Waals surface area contributed by atoms with Crippen LogP contribution in [0.15, 0.2) is 4.99 Å². The highest BCUT2D eigenvalue weighted by atomic mass is 16.5. The summed E-state index contributed by atoms with van der Waals surface area (Å²) >= 11 is 0. The highest BCUT2D eigenvalue weighted by Gasteiger charge is 2.19. The molecule has 28 heavy (non-hydrogen) atoms. The zero-order chi connectivity index (χ0) is 20.0. The molecule has 2 saturated heterocycles. The van der Waals surface area contributed by atoms with Gasteiger partial charge in [-0.05, 0) is 58.0 Å². The van der Waals surface area contributed by atoms with Crippen LogP contribution in [0.1, 0.15) is 51.9 Å². The van der Waals surface area contributed by atoms with E-state index in [1.54, 1.807) is 7.11 Å². The van der Waals surface area contributed by atoms with E-state index in [4.69, 9.17) is 9.73 Å². The number of methoxy groups -OCH3 is 1. The third-order valence-corrected chi connectivity index (χ3v) is 5.74. The van der Waals surface area contributed by atoms with E-state index in [2.05, 4.69) is 22.5 Å². The van der Waals surface area contributed by atoms with Gasteiger partial charge < -0.3 is 25.2 Å². The molecular formula is C21H41N5O2. The van der Waals surface area contributed by atoms with Gasteiger partial charge in [0.2, 0.25) is 5.91 Å². The normalized spacial score (nSPS) is 20.3. The van der Waals surface area contributed by atoms with Gasteiger partial charge in [-0.3, -0.25) is 9.79 Å². The van der Waals surface area contributed by atoms with E-state index in [0.717, 1.165) is 90.6 Å². The van der Waals surface area contributed by atoms with Crippen molar-refractivity contribution in [3.63, 3.8) is 0 Å². The third kappa shape index (κ3) is 8.78. The second-order valence-electron chi connectivity index (χ2n) is 7.97. The molecule has 2 aliphatic rings. The van der Waals surface area contributed by atoms with Crippen molar-refractivity contribution < 1.29 is 9.53 Å². The molecular weight excluding hydrogens is 354 g/mol. The summed E-state index contributed by atoms with van der Waals surface area (Å²) in [6, 6.07) is 0. The van der Waals surface area contributed by atoms with Crippen molar-refractivity contribution in [1.29, 1.82) is 0 Å². The van der Waals surface area contributed by atoms with Gasteiger partial charge in [0, 0.05) is 52.8 Å². The van der Waals surface area contributed by atoms with E-state index in [1.807, 2.05) is 4.90 Å².